The standard InChI is InChI=1S/C37H31ClFN3O2/c38-28-13-17-31(18-14-28)44-32-8-5-6-27(22-32)34(23-37(43)41-21-19-30-7-3-4-20-40-30)35-25-42(36-10-2-1-9-33(35)36)24-26-11-15-29(39)16-12-26/h1-18,20,22,25,34H,19,21,23-24H2,(H,41,43). The molecule has 1 unspecified atom stereocenters. The van der Waals surface area contributed by atoms with Gasteiger partial charge in [0.25, 0.3) is 0 Å². The molecule has 1 atom stereocenters. The fraction of sp³-hybridized carbons (Fsp3) is 0.135. The number of ether oxygens (including phenoxy) is 1. The lowest BCUT2D eigenvalue weighted by Gasteiger charge is -2.18. The molecule has 0 fully saturated rings. The maximum atomic E-state index is 13.6. The third kappa shape index (κ3) is 7.16. The van der Waals surface area contributed by atoms with Crippen LogP contribution in [0.4, 0.5) is 4.39 Å². The Hall–Kier alpha value is -4.94. The molecule has 0 aliphatic heterocycles. The van der Waals surface area contributed by atoms with E-state index < -0.39 is 0 Å². The number of amides is 1. The number of aromatic nitrogens is 2. The van der Waals surface area contributed by atoms with Crippen molar-refractivity contribution in [2.45, 2.75) is 25.3 Å². The van der Waals surface area contributed by atoms with Crippen LogP contribution >= 0.6 is 11.6 Å². The number of para-hydroxylation sites is 1. The van der Waals surface area contributed by atoms with Crippen molar-refractivity contribution in [2.75, 3.05) is 6.54 Å². The van der Waals surface area contributed by atoms with E-state index in [2.05, 4.69) is 33.2 Å². The smallest absolute Gasteiger partial charge is 0.220 e. The molecule has 0 saturated heterocycles. The molecular formula is C37H31ClFN3O2. The average Bonchev–Trinajstić information content (AvgIpc) is 3.40. The fourth-order valence-electron chi connectivity index (χ4n) is 5.44. The molecule has 2 aromatic heterocycles. The first-order valence-corrected chi connectivity index (χ1v) is 14.9. The second kappa shape index (κ2) is 13.6. The maximum absolute atomic E-state index is 13.6. The predicted octanol–water partition coefficient (Wildman–Crippen LogP) is 8.55. The number of rotatable bonds is 11. The Labute approximate surface area is 260 Å². The zero-order chi connectivity index (χ0) is 30.3. The molecule has 4 aromatic carbocycles. The molecule has 7 heteroatoms. The van der Waals surface area contributed by atoms with Crippen LogP contribution in [0.1, 0.15) is 34.7 Å². The van der Waals surface area contributed by atoms with E-state index in [0.29, 0.717) is 36.0 Å². The molecule has 0 radical (unpaired) electrons. The summed E-state index contributed by atoms with van der Waals surface area (Å²) in [7, 11) is 0. The number of carbonyl (C=O) groups is 1. The summed E-state index contributed by atoms with van der Waals surface area (Å²) >= 11 is 6.06. The van der Waals surface area contributed by atoms with Crippen molar-refractivity contribution >= 4 is 28.4 Å². The molecule has 0 saturated carbocycles. The van der Waals surface area contributed by atoms with Gasteiger partial charge in [-0.3, -0.25) is 9.78 Å². The minimum atomic E-state index is -0.262. The first-order valence-electron chi connectivity index (χ1n) is 14.5. The lowest BCUT2D eigenvalue weighted by molar-refractivity contribution is -0.121. The minimum absolute atomic E-state index is 0.0506. The van der Waals surface area contributed by atoms with Gasteiger partial charge in [0.15, 0.2) is 0 Å². The molecule has 0 spiro atoms. The number of nitrogens with one attached hydrogen (secondary N) is 1. The van der Waals surface area contributed by atoms with Gasteiger partial charge in [0.1, 0.15) is 17.3 Å². The Morgan fingerprint density at radius 3 is 2.48 bits per heavy atom. The van der Waals surface area contributed by atoms with Crippen molar-refractivity contribution in [1.82, 2.24) is 14.9 Å². The minimum Gasteiger partial charge on any atom is -0.457 e. The van der Waals surface area contributed by atoms with Crippen LogP contribution in [0.2, 0.25) is 5.02 Å². The third-order valence-corrected chi connectivity index (χ3v) is 7.84. The monoisotopic (exact) mass is 603 g/mol. The first kappa shape index (κ1) is 29.1. The van der Waals surface area contributed by atoms with Crippen molar-refractivity contribution in [3.8, 4) is 11.5 Å². The van der Waals surface area contributed by atoms with E-state index in [1.54, 1.807) is 30.5 Å². The number of fused-ring (bicyclic) bond motifs is 1. The summed E-state index contributed by atoms with van der Waals surface area (Å²) in [5, 5.41) is 4.79. The van der Waals surface area contributed by atoms with Crippen LogP contribution in [0.25, 0.3) is 10.9 Å². The second-order valence-corrected chi connectivity index (χ2v) is 11.1. The quantitative estimate of drug-likeness (QED) is 0.161. The van der Waals surface area contributed by atoms with Gasteiger partial charge in [-0.05, 0) is 83.4 Å². The maximum Gasteiger partial charge on any atom is 0.220 e. The van der Waals surface area contributed by atoms with Crippen molar-refractivity contribution < 1.29 is 13.9 Å². The molecule has 1 amide bonds. The Balaban J connectivity index is 1.33. The topological polar surface area (TPSA) is 56.1 Å². The zero-order valence-electron chi connectivity index (χ0n) is 24.0. The number of hydrogen-bond donors (Lipinski definition) is 1. The van der Waals surface area contributed by atoms with Gasteiger partial charge < -0.3 is 14.6 Å². The van der Waals surface area contributed by atoms with E-state index in [-0.39, 0.29) is 24.1 Å². The van der Waals surface area contributed by atoms with Crippen LogP contribution in [0.5, 0.6) is 11.5 Å². The molecule has 5 nitrogen and oxygen atoms in total. The van der Waals surface area contributed by atoms with Crippen molar-refractivity contribution in [3.05, 3.63) is 161 Å². The molecule has 2 heterocycles. The van der Waals surface area contributed by atoms with Gasteiger partial charge in [0.2, 0.25) is 5.91 Å². The molecule has 6 rings (SSSR count). The Bertz CT molecular complexity index is 1850. The zero-order valence-corrected chi connectivity index (χ0v) is 24.8. The number of nitrogens with zero attached hydrogens (tertiary/aromatic N) is 2. The lowest BCUT2D eigenvalue weighted by atomic mass is 9.88. The SMILES string of the molecule is O=C(CC(c1cccc(Oc2ccc(Cl)cc2)c1)c1cn(Cc2ccc(F)cc2)c2ccccc12)NCCc1ccccn1. The number of hydrogen-bond acceptors (Lipinski definition) is 3. The van der Waals surface area contributed by atoms with Gasteiger partial charge in [-0.15, -0.1) is 0 Å². The summed E-state index contributed by atoms with van der Waals surface area (Å²) < 4.78 is 21.9. The molecule has 1 N–H and O–H groups in total. The van der Waals surface area contributed by atoms with Crippen LogP contribution in [0.15, 0.2) is 128 Å². The fourth-order valence-corrected chi connectivity index (χ4v) is 5.57. The van der Waals surface area contributed by atoms with E-state index in [4.69, 9.17) is 16.3 Å². The van der Waals surface area contributed by atoms with Gasteiger partial charge in [-0.1, -0.05) is 60.1 Å². The van der Waals surface area contributed by atoms with Crippen LogP contribution in [0.3, 0.4) is 0 Å². The molecule has 44 heavy (non-hydrogen) atoms. The van der Waals surface area contributed by atoms with Gasteiger partial charge in [-0.25, -0.2) is 4.39 Å². The number of halogens is 2. The molecule has 0 bridgehead atoms. The third-order valence-electron chi connectivity index (χ3n) is 7.59. The van der Waals surface area contributed by atoms with Gasteiger partial charge in [0.05, 0.1) is 0 Å². The van der Waals surface area contributed by atoms with Gasteiger partial charge >= 0.3 is 0 Å². The van der Waals surface area contributed by atoms with E-state index in [1.807, 2.05) is 66.7 Å². The van der Waals surface area contributed by atoms with E-state index in [1.165, 1.54) is 12.1 Å². The molecule has 0 aliphatic carbocycles. The number of carbonyl (C=O) groups excluding carboxylic acids is 1. The summed E-state index contributed by atoms with van der Waals surface area (Å²) in [6, 6.07) is 35.6. The van der Waals surface area contributed by atoms with Crippen LogP contribution in [-0.2, 0) is 17.8 Å². The first-order chi connectivity index (χ1) is 21.5. The lowest BCUT2D eigenvalue weighted by Crippen LogP contribution is -2.27. The summed E-state index contributed by atoms with van der Waals surface area (Å²) in [5.74, 6) is 0.775. The average molecular weight is 604 g/mol. The van der Waals surface area contributed by atoms with E-state index in [9.17, 15) is 9.18 Å². The van der Waals surface area contributed by atoms with E-state index in [0.717, 1.165) is 33.3 Å². The summed E-state index contributed by atoms with van der Waals surface area (Å²) in [5.41, 5.74) is 4.95. The van der Waals surface area contributed by atoms with Crippen LogP contribution in [-0.4, -0.2) is 22.0 Å². The molecular weight excluding hydrogens is 573 g/mol. The summed E-state index contributed by atoms with van der Waals surface area (Å²) in [4.78, 5) is 17.8. The largest absolute Gasteiger partial charge is 0.457 e. The highest BCUT2D eigenvalue weighted by Crippen LogP contribution is 2.37. The Morgan fingerprint density at radius 1 is 0.886 bits per heavy atom. The molecule has 220 valence electrons. The highest BCUT2D eigenvalue weighted by atomic mass is 35.5. The normalized spacial score (nSPS) is 11.8. The Kier molecular flexibility index (Phi) is 8.99. The molecule has 0 aliphatic rings. The highest BCUT2D eigenvalue weighted by Gasteiger charge is 2.23. The van der Waals surface area contributed by atoms with Gasteiger partial charge in [-0.2, -0.15) is 0 Å². The number of pyridine rings is 1. The van der Waals surface area contributed by atoms with Crippen molar-refractivity contribution in [2.24, 2.45) is 0 Å². The number of benzene rings is 4. The van der Waals surface area contributed by atoms with Crippen LogP contribution in [0, 0.1) is 5.82 Å². The second-order valence-electron chi connectivity index (χ2n) is 10.7. The van der Waals surface area contributed by atoms with Crippen molar-refractivity contribution in [1.29, 1.82) is 0 Å². The van der Waals surface area contributed by atoms with Gasteiger partial charge in [0, 0.05) is 65.9 Å². The summed E-state index contributed by atoms with van der Waals surface area (Å²) in [6.45, 7) is 1.07. The van der Waals surface area contributed by atoms with E-state index >= 15 is 0 Å². The van der Waals surface area contributed by atoms with Crippen molar-refractivity contribution in [3.63, 3.8) is 0 Å². The predicted molar refractivity (Wildman–Crippen MR) is 173 cm³/mol. The highest BCUT2D eigenvalue weighted by molar-refractivity contribution is 6.30. The van der Waals surface area contributed by atoms with Crippen LogP contribution < -0.4 is 10.1 Å². The Morgan fingerprint density at radius 2 is 1.68 bits per heavy atom. The summed E-state index contributed by atoms with van der Waals surface area (Å²) in [6.07, 6.45) is 4.77. The molecule has 6 aromatic rings.